The zero-order valence-corrected chi connectivity index (χ0v) is 9.49. The minimum atomic E-state index is 0.252. The van der Waals surface area contributed by atoms with Gasteiger partial charge in [0, 0.05) is 19.0 Å². The van der Waals surface area contributed by atoms with Gasteiger partial charge in [0.15, 0.2) is 0 Å². The van der Waals surface area contributed by atoms with E-state index in [9.17, 15) is 4.79 Å². The van der Waals surface area contributed by atoms with E-state index >= 15 is 0 Å². The highest BCUT2D eigenvalue weighted by Crippen LogP contribution is 2.02. The summed E-state index contributed by atoms with van der Waals surface area (Å²) in [5.74, 6) is 0.252. The topological polar surface area (TPSA) is 29.1 Å². The van der Waals surface area contributed by atoms with E-state index < -0.39 is 0 Å². The van der Waals surface area contributed by atoms with Crippen LogP contribution in [0, 0.1) is 0 Å². The molecule has 1 N–H and O–H groups in total. The van der Waals surface area contributed by atoms with Crippen LogP contribution in [0.1, 0.15) is 32.3 Å². The van der Waals surface area contributed by atoms with Gasteiger partial charge in [-0.1, -0.05) is 37.3 Å². The maximum atomic E-state index is 11.0. The Balaban J connectivity index is 2.37. The molecular weight excluding hydrogens is 186 g/mol. The fourth-order valence-electron chi connectivity index (χ4n) is 1.57. The maximum Gasteiger partial charge on any atom is 0.131 e. The number of benzene rings is 1. The molecule has 0 bridgehead atoms. The highest BCUT2D eigenvalue weighted by molar-refractivity contribution is 5.76. The van der Waals surface area contributed by atoms with E-state index in [-0.39, 0.29) is 5.78 Å². The van der Waals surface area contributed by atoms with Crippen molar-refractivity contribution in [2.75, 3.05) is 0 Å². The Kier molecular flexibility index (Phi) is 5.05. The van der Waals surface area contributed by atoms with E-state index in [4.69, 9.17) is 0 Å². The largest absolute Gasteiger partial charge is 0.309 e. The third kappa shape index (κ3) is 4.75. The number of carbonyl (C=O) groups is 1. The number of Topliss-reactive ketones (excluding diaryl/α,β-unsaturated/α-hetero) is 1. The van der Waals surface area contributed by atoms with Crippen LogP contribution in [-0.2, 0) is 11.3 Å². The molecule has 0 aromatic heterocycles. The highest BCUT2D eigenvalue weighted by atomic mass is 16.1. The van der Waals surface area contributed by atoms with Crippen molar-refractivity contribution in [3.05, 3.63) is 35.9 Å². The molecule has 1 atom stereocenters. The van der Waals surface area contributed by atoms with Gasteiger partial charge in [-0.05, 0) is 18.9 Å². The van der Waals surface area contributed by atoms with E-state index in [1.165, 1.54) is 5.56 Å². The van der Waals surface area contributed by atoms with Gasteiger partial charge in [-0.2, -0.15) is 0 Å². The second-order valence-corrected chi connectivity index (χ2v) is 3.88. The van der Waals surface area contributed by atoms with Crippen LogP contribution in [0.25, 0.3) is 0 Å². The van der Waals surface area contributed by atoms with Gasteiger partial charge < -0.3 is 5.32 Å². The third-order valence-electron chi connectivity index (χ3n) is 2.46. The molecule has 0 saturated carbocycles. The first-order chi connectivity index (χ1) is 7.22. The van der Waals surface area contributed by atoms with E-state index in [1.807, 2.05) is 18.2 Å². The monoisotopic (exact) mass is 205 g/mol. The number of carbonyl (C=O) groups excluding carboxylic acids is 1. The standard InChI is InChI=1S/C13H19NO/c1-3-13(9-11(2)15)14-10-12-7-5-4-6-8-12/h4-8,13-14H,3,9-10H2,1-2H3. The van der Waals surface area contributed by atoms with Crippen LogP contribution in [0.2, 0.25) is 0 Å². The third-order valence-corrected chi connectivity index (χ3v) is 2.46. The van der Waals surface area contributed by atoms with Gasteiger partial charge in [-0.25, -0.2) is 0 Å². The van der Waals surface area contributed by atoms with Gasteiger partial charge in [0.25, 0.3) is 0 Å². The first-order valence-electron chi connectivity index (χ1n) is 5.49. The quantitative estimate of drug-likeness (QED) is 0.773. The Labute approximate surface area is 91.7 Å². The smallest absolute Gasteiger partial charge is 0.131 e. The van der Waals surface area contributed by atoms with Crippen LogP contribution in [0.4, 0.5) is 0 Å². The lowest BCUT2D eigenvalue weighted by Crippen LogP contribution is -2.29. The van der Waals surface area contributed by atoms with Crippen LogP contribution in [0.15, 0.2) is 30.3 Å². The van der Waals surface area contributed by atoms with E-state index in [0.717, 1.165) is 13.0 Å². The summed E-state index contributed by atoms with van der Waals surface area (Å²) in [6, 6.07) is 10.6. The van der Waals surface area contributed by atoms with Crippen molar-refractivity contribution in [2.24, 2.45) is 0 Å². The van der Waals surface area contributed by atoms with Crippen LogP contribution in [0.5, 0.6) is 0 Å². The number of nitrogens with one attached hydrogen (secondary N) is 1. The molecule has 1 unspecified atom stereocenters. The zero-order valence-electron chi connectivity index (χ0n) is 9.49. The first kappa shape index (κ1) is 11.9. The van der Waals surface area contributed by atoms with Crippen molar-refractivity contribution in [2.45, 2.75) is 39.3 Å². The SMILES string of the molecule is CCC(CC(C)=O)NCc1ccccc1. The predicted molar refractivity (Wildman–Crippen MR) is 62.7 cm³/mol. The number of ketones is 1. The second kappa shape index (κ2) is 6.36. The molecule has 0 spiro atoms. The van der Waals surface area contributed by atoms with Crippen LogP contribution >= 0.6 is 0 Å². The summed E-state index contributed by atoms with van der Waals surface area (Å²) in [4.78, 5) is 11.0. The minimum Gasteiger partial charge on any atom is -0.309 e. The molecule has 0 amide bonds. The summed E-state index contributed by atoms with van der Waals surface area (Å²) in [6.45, 7) is 4.59. The Bertz CT molecular complexity index is 295. The molecule has 1 aromatic rings. The molecule has 1 rings (SSSR count). The van der Waals surface area contributed by atoms with Crippen LogP contribution in [-0.4, -0.2) is 11.8 Å². The molecule has 0 aliphatic carbocycles. The van der Waals surface area contributed by atoms with Gasteiger partial charge in [0.05, 0.1) is 0 Å². The number of hydrogen-bond donors (Lipinski definition) is 1. The minimum absolute atomic E-state index is 0.252. The average Bonchev–Trinajstić information content (AvgIpc) is 2.25. The molecule has 0 aliphatic rings. The van der Waals surface area contributed by atoms with Gasteiger partial charge in [-0.15, -0.1) is 0 Å². The van der Waals surface area contributed by atoms with Gasteiger partial charge in [0.1, 0.15) is 5.78 Å². The van der Waals surface area contributed by atoms with Gasteiger partial charge in [0.2, 0.25) is 0 Å². The summed E-state index contributed by atoms with van der Waals surface area (Å²) in [5.41, 5.74) is 1.26. The van der Waals surface area contributed by atoms with Crippen LogP contribution in [0.3, 0.4) is 0 Å². The van der Waals surface area contributed by atoms with Crippen molar-refractivity contribution in [3.63, 3.8) is 0 Å². The maximum absolute atomic E-state index is 11.0. The predicted octanol–water partition coefficient (Wildman–Crippen LogP) is 2.53. The first-order valence-corrected chi connectivity index (χ1v) is 5.49. The normalized spacial score (nSPS) is 12.4. The number of rotatable bonds is 6. The summed E-state index contributed by atoms with van der Waals surface area (Å²) in [6.07, 6.45) is 1.62. The molecule has 0 fully saturated rings. The fourth-order valence-corrected chi connectivity index (χ4v) is 1.57. The molecule has 0 aliphatic heterocycles. The van der Waals surface area contributed by atoms with E-state index in [1.54, 1.807) is 6.92 Å². The molecule has 1 aromatic carbocycles. The zero-order chi connectivity index (χ0) is 11.1. The Morgan fingerprint density at radius 3 is 2.53 bits per heavy atom. The molecule has 82 valence electrons. The van der Waals surface area contributed by atoms with Crippen molar-refractivity contribution < 1.29 is 4.79 Å². The van der Waals surface area contributed by atoms with Crippen molar-refractivity contribution in [3.8, 4) is 0 Å². The summed E-state index contributed by atoms with van der Waals surface area (Å²) >= 11 is 0. The lowest BCUT2D eigenvalue weighted by molar-refractivity contribution is -0.117. The Morgan fingerprint density at radius 2 is 2.00 bits per heavy atom. The molecule has 0 radical (unpaired) electrons. The molecule has 2 heteroatoms. The Hall–Kier alpha value is -1.15. The molecule has 2 nitrogen and oxygen atoms in total. The lowest BCUT2D eigenvalue weighted by atomic mass is 10.1. The second-order valence-electron chi connectivity index (χ2n) is 3.88. The summed E-state index contributed by atoms with van der Waals surface area (Å²) < 4.78 is 0. The van der Waals surface area contributed by atoms with Crippen LogP contribution < -0.4 is 5.32 Å². The van der Waals surface area contributed by atoms with Crippen molar-refractivity contribution >= 4 is 5.78 Å². The van der Waals surface area contributed by atoms with Gasteiger partial charge in [-0.3, -0.25) is 4.79 Å². The van der Waals surface area contributed by atoms with E-state index in [2.05, 4.69) is 24.4 Å². The van der Waals surface area contributed by atoms with E-state index in [0.29, 0.717) is 12.5 Å². The number of hydrogen-bond acceptors (Lipinski definition) is 2. The molecule has 0 saturated heterocycles. The average molecular weight is 205 g/mol. The fraction of sp³-hybridized carbons (Fsp3) is 0.462. The van der Waals surface area contributed by atoms with Crippen molar-refractivity contribution in [1.29, 1.82) is 0 Å². The summed E-state index contributed by atoms with van der Waals surface area (Å²) in [7, 11) is 0. The van der Waals surface area contributed by atoms with Gasteiger partial charge >= 0.3 is 0 Å². The van der Waals surface area contributed by atoms with Crippen molar-refractivity contribution in [1.82, 2.24) is 5.32 Å². The Morgan fingerprint density at radius 1 is 1.33 bits per heavy atom. The molecule has 0 heterocycles. The molecular formula is C13H19NO. The summed E-state index contributed by atoms with van der Waals surface area (Å²) in [5, 5.41) is 3.40. The highest BCUT2D eigenvalue weighted by Gasteiger charge is 2.07. The molecule has 15 heavy (non-hydrogen) atoms. The lowest BCUT2D eigenvalue weighted by Gasteiger charge is -2.15.